The summed E-state index contributed by atoms with van der Waals surface area (Å²) in [5.41, 5.74) is 3.77. The molecule has 25 heavy (non-hydrogen) atoms. The monoisotopic (exact) mass is 338 g/mol. The molecular formula is C19H22N4O2. The van der Waals surface area contributed by atoms with Crippen LogP contribution in [-0.2, 0) is 6.42 Å². The van der Waals surface area contributed by atoms with Crippen molar-refractivity contribution in [2.24, 2.45) is 0 Å². The Morgan fingerprint density at radius 3 is 2.92 bits per heavy atom. The normalized spacial score (nSPS) is 15.8. The van der Waals surface area contributed by atoms with E-state index in [4.69, 9.17) is 4.52 Å². The molecule has 1 aliphatic rings. The summed E-state index contributed by atoms with van der Waals surface area (Å²) in [6, 6.07) is 4.18. The predicted octanol–water partition coefficient (Wildman–Crippen LogP) is 3.44. The van der Waals surface area contributed by atoms with Gasteiger partial charge in [0.15, 0.2) is 0 Å². The van der Waals surface area contributed by atoms with Gasteiger partial charge in [-0.15, -0.1) is 0 Å². The highest BCUT2D eigenvalue weighted by molar-refractivity contribution is 5.96. The molecule has 1 aliphatic heterocycles. The van der Waals surface area contributed by atoms with Crippen molar-refractivity contribution in [3.05, 3.63) is 47.2 Å². The van der Waals surface area contributed by atoms with Gasteiger partial charge in [0.2, 0.25) is 0 Å². The quantitative estimate of drug-likeness (QED) is 0.794. The fourth-order valence-electron chi connectivity index (χ4n) is 3.70. The van der Waals surface area contributed by atoms with Gasteiger partial charge in [-0.3, -0.25) is 9.78 Å². The lowest BCUT2D eigenvalue weighted by atomic mass is 9.93. The van der Waals surface area contributed by atoms with Gasteiger partial charge in [-0.25, -0.2) is 0 Å². The highest BCUT2D eigenvalue weighted by Gasteiger charge is 2.29. The molecule has 3 aromatic rings. The summed E-state index contributed by atoms with van der Waals surface area (Å²) < 4.78 is 5.21. The topological polar surface area (TPSA) is 75.0 Å². The molecule has 0 atom stereocenters. The number of nitrogens with one attached hydrogen (secondary N) is 1. The van der Waals surface area contributed by atoms with Gasteiger partial charge in [-0.1, -0.05) is 12.1 Å². The van der Waals surface area contributed by atoms with Crippen molar-refractivity contribution in [2.45, 2.75) is 39.0 Å². The van der Waals surface area contributed by atoms with Crippen molar-refractivity contribution >= 4 is 16.8 Å². The fraction of sp³-hybridized carbons (Fsp3) is 0.421. The number of hydrogen-bond donors (Lipinski definition) is 1. The lowest BCUT2D eigenvalue weighted by Gasteiger charge is -2.31. The maximum absolute atomic E-state index is 12.9. The van der Waals surface area contributed by atoms with E-state index in [-0.39, 0.29) is 5.91 Å². The minimum Gasteiger partial charge on any atom is -0.361 e. The summed E-state index contributed by atoms with van der Waals surface area (Å²) in [7, 11) is 0. The number of aromatic nitrogens is 3. The SMILES string of the molecule is CCc1noc(C)c1C(=O)N1CCC(c2cc3cnccc3[nH]2)CC1. The molecule has 0 aliphatic carbocycles. The van der Waals surface area contributed by atoms with Gasteiger partial charge in [-0.05, 0) is 38.3 Å². The first-order valence-corrected chi connectivity index (χ1v) is 8.84. The molecule has 0 radical (unpaired) electrons. The number of carbonyl (C=O) groups excluding carboxylic acids is 1. The lowest BCUT2D eigenvalue weighted by Crippen LogP contribution is -2.38. The van der Waals surface area contributed by atoms with Crippen LogP contribution < -0.4 is 0 Å². The number of carbonyl (C=O) groups is 1. The van der Waals surface area contributed by atoms with Crippen molar-refractivity contribution in [1.82, 2.24) is 20.0 Å². The van der Waals surface area contributed by atoms with Crippen LogP contribution in [0.4, 0.5) is 0 Å². The van der Waals surface area contributed by atoms with E-state index in [1.165, 1.54) is 5.69 Å². The van der Waals surface area contributed by atoms with Crippen LogP contribution in [0.2, 0.25) is 0 Å². The van der Waals surface area contributed by atoms with E-state index in [1.54, 1.807) is 6.20 Å². The van der Waals surface area contributed by atoms with Gasteiger partial charge < -0.3 is 14.4 Å². The van der Waals surface area contributed by atoms with E-state index in [1.807, 2.05) is 31.0 Å². The van der Waals surface area contributed by atoms with Crippen molar-refractivity contribution in [3.63, 3.8) is 0 Å². The molecular weight excluding hydrogens is 316 g/mol. The van der Waals surface area contributed by atoms with Gasteiger partial charge in [0.05, 0.1) is 5.69 Å². The molecule has 6 heteroatoms. The van der Waals surface area contributed by atoms with Gasteiger partial charge >= 0.3 is 0 Å². The molecule has 4 rings (SSSR count). The molecule has 1 amide bonds. The molecule has 130 valence electrons. The molecule has 3 aromatic heterocycles. The molecule has 1 N–H and O–H groups in total. The van der Waals surface area contributed by atoms with Crippen LogP contribution in [0.5, 0.6) is 0 Å². The smallest absolute Gasteiger partial charge is 0.259 e. The molecule has 4 heterocycles. The number of aromatic amines is 1. The Bertz CT molecular complexity index is 870. The first-order chi connectivity index (χ1) is 12.2. The zero-order valence-corrected chi connectivity index (χ0v) is 14.6. The highest BCUT2D eigenvalue weighted by atomic mass is 16.5. The molecule has 1 fully saturated rings. The molecule has 0 spiro atoms. The van der Waals surface area contributed by atoms with Crippen LogP contribution in [0.1, 0.15) is 53.2 Å². The van der Waals surface area contributed by atoms with Crippen LogP contribution in [0.25, 0.3) is 10.9 Å². The number of piperidine rings is 1. The van der Waals surface area contributed by atoms with Gasteiger partial charge in [-0.2, -0.15) is 0 Å². The van der Waals surface area contributed by atoms with E-state index >= 15 is 0 Å². The summed E-state index contributed by atoms with van der Waals surface area (Å²) in [5.74, 6) is 1.12. The maximum Gasteiger partial charge on any atom is 0.259 e. The zero-order valence-electron chi connectivity index (χ0n) is 14.6. The lowest BCUT2D eigenvalue weighted by molar-refractivity contribution is 0.0709. The average Bonchev–Trinajstić information content (AvgIpc) is 3.24. The van der Waals surface area contributed by atoms with Crippen molar-refractivity contribution < 1.29 is 9.32 Å². The van der Waals surface area contributed by atoms with E-state index in [9.17, 15) is 4.79 Å². The van der Waals surface area contributed by atoms with Crippen molar-refractivity contribution in [3.8, 4) is 0 Å². The number of pyridine rings is 1. The summed E-state index contributed by atoms with van der Waals surface area (Å²) >= 11 is 0. The first-order valence-electron chi connectivity index (χ1n) is 8.84. The number of aryl methyl sites for hydroxylation is 2. The Morgan fingerprint density at radius 1 is 1.40 bits per heavy atom. The Morgan fingerprint density at radius 2 is 2.20 bits per heavy atom. The minimum absolute atomic E-state index is 0.0508. The molecule has 0 saturated carbocycles. The Balaban J connectivity index is 1.47. The summed E-state index contributed by atoms with van der Waals surface area (Å²) in [6.45, 7) is 5.31. The molecule has 0 unspecified atom stereocenters. The van der Waals surface area contributed by atoms with E-state index < -0.39 is 0 Å². The number of H-pyrrole nitrogens is 1. The van der Waals surface area contributed by atoms with Crippen molar-refractivity contribution in [2.75, 3.05) is 13.1 Å². The Hall–Kier alpha value is -2.63. The maximum atomic E-state index is 12.9. The third kappa shape index (κ3) is 2.81. The van der Waals surface area contributed by atoms with Crippen molar-refractivity contribution in [1.29, 1.82) is 0 Å². The zero-order chi connectivity index (χ0) is 17.4. The molecule has 0 bridgehead atoms. The molecule has 0 aromatic carbocycles. The second-order valence-electron chi connectivity index (χ2n) is 6.67. The minimum atomic E-state index is 0.0508. The van der Waals surface area contributed by atoms with Crippen LogP contribution in [0, 0.1) is 6.92 Å². The molecule has 1 saturated heterocycles. The standard InChI is InChI=1S/C19H22N4O2/c1-3-15-18(12(2)25-22-15)19(24)23-8-5-13(6-9-23)17-10-14-11-20-7-4-16(14)21-17/h4,7,10-11,13,21H,3,5-6,8-9H2,1-2H3. The number of fused-ring (bicyclic) bond motifs is 1. The summed E-state index contributed by atoms with van der Waals surface area (Å²) in [4.78, 5) is 22.5. The first kappa shape index (κ1) is 15.9. The van der Waals surface area contributed by atoms with Gasteiger partial charge in [0.1, 0.15) is 11.3 Å². The number of likely N-dealkylation sites (tertiary alicyclic amines) is 1. The third-order valence-corrected chi connectivity index (χ3v) is 5.15. The fourth-order valence-corrected chi connectivity index (χ4v) is 3.70. The van der Waals surface area contributed by atoms with E-state index in [0.29, 0.717) is 23.7 Å². The van der Waals surface area contributed by atoms with E-state index in [0.717, 1.165) is 42.5 Å². The van der Waals surface area contributed by atoms with Crippen LogP contribution in [-0.4, -0.2) is 39.0 Å². The number of rotatable bonds is 3. The Labute approximate surface area is 146 Å². The average molecular weight is 338 g/mol. The van der Waals surface area contributed by atoms with Gasteiger partial charge in [0.25, 0.3) is 5.91 Å². The van der Waals surface area contributed by atoms with E-state index in [2.05, 4.69) is 21.2 Å². The Kier molecular flexibility index (Phi) is 4.03. The number of nitrogens with zero attached hydrogens (tertiary/aromatic N) is 3. The van der Waals surface area contributed by atoms with Crippen LogP contribution in [0.3, 0.4) is 0 Å². The predicted molar refractivity (Wildman–Crippen MR) is 94.6 cm³/mol. The number of hydrogen-bond acceptors (Lipinski definition) is 4. The number of amides is 1. The second kappa shape index (κ2) is 6.35. The highest BCUT2D eigenvalue weighted by Crippen LogP contribution is 2.30. The van der Waals surface area contributed by atoms with Crippen LogP contribution in [0.15, 0.2) is 29.0 Å². The summed E-state index contributed by atoms with van der Waals surface area (Å²) in [5, 5.41) is 5.15. The largest absolute Gasteiger partial charge is 0.361 e. The second-order valence-corrected chi connectivity index (χ2v) is 6.67. The van der Waals surface area contributed by atoms with Gasteiger partial charge in [0, 0.05) is 48.0 Å². The summed E-state index contributed by atoms with van der Waals surface area (Å²) in [6.07, 6.45) is 6.30. The third-order valence-electron chi connectivity index (χ3n) is 5.15. The molecule has 6 nitrogen and oxygen atoms in total. The van der Waals surface area contributed by atoms with Crippen LogP contribution >= 0.6 is 0 Å².